The van der Waals surface area contributed by atoms with Crippen molar-refractivity contribution in [3.8, 4) is 5.75 Å². The van der Waals surface area contributed by atoms with Crippen LogP contribution in [-0.4, -0.2) is 22.8 Å². The van der Waals surface area contributed by atoms with E-state index in [2.05, 4.69) is 11.1 Å². The van der Waals surface area contributed by atoms with Gasteiger partial charge in [-0.25, -0.2) is 0 Å². The van der Waals surface area contributed by atoms with E-state index < -0.39 is 6.10 Å². The fraction of sp³-hybridized carbons (Fsp3) is 0.222. The largest absolute Gasteiger partial charge is 0.491 e. The molecule has 0 fully saturated rings. The van der Waals surface area contributed by atoms with E-state index in [1.165, 1.54) is 0 Å². The zero-order chi connectivity index (χ0) is 15.5. The molecule has 2 N–H and O–H groups in total. The molecule has 1 atom stereocenters. The zero-order valence-corrected chi connectivity index (χ0v) is 13.1. The lowest BCUT2D eigenvalue weighted by molar-refractivity contribution is 0.108. The van der Waals surface area contributed by atoms with Crippen LogP contribution in [0.1, 0.15) is 11.3 Å². The highest BCUT2D eigenvalue weighted by atomic mass is 35.5. The number of hydrogen-bond donors (Lipinski definition) is 2. The molecule has 1 aromatic heterocycles. The van der Waals surface area contributed by atoms with E-state index in [0.717, 1.165) is 22.2 Å². The topological polar surface area (TPSA) is 45.2 Å². The summed E-state index contributed by atoms with van der Waals surface area (Å²) in [4.78, 5) is 3.35. The number of aliphatic hydroxyl groups excluding tert-OH is 1. The smallest absolute Gasteiger partial charge is 0.119 e. The third kappa shape index (κ3) is 3.26. The molecule has 0 spiro atoms. The molecular formula is C18H18ClNO2. The van der Waals surface area contributed by atoms with Crippen molar-refractivity contribution in [2.24, 2.45) is 0 Å². The molecule has 1 unspecified atom stereocenters. The second-order valence-electron chi connectivity index (χ2n) is 5.40. The van der Waals surface area contributed by atoms with Gasteiger partial charge in [-0.15, -0.1) is 0 Å². The van der Waals surface area contributed by atoms with E-state index in [0.29, 0.717) is 17.2 Å². The van der Waals surface area contributed by atoms with Gasteiger partial charge in [0.1, 0.15) is 12.4 Å². The van der Waals surface area contributed by atoms with Crippen molar-refractivity contribution in [3.63, 3.8) is 0 Å². The summed E-state index contributed by atoms with van der Waals surface area (Å²) in [5, 5.41) is 12.1. The highest BCUT2D eigenvalue weighted by Gasteiger charge is 2.13. The van der Waals surface area contributed by atoms with Gasteiger partial charge < -0.3 is 14.8 Å². The van der Waals surface area contributed by atoms with Gasteiger partial charge in [-0.1, -0.05) is 29.8 Å². The van der Waals surface area contributed by atoms with Crippen LogP contribution in [0, 0.1) is 6.92 Å². The SMILES string of the molecule is Cc1[nH]c2ccccc2c1CC(O)COc1ccc(Cl)cc1. The Morgan fingerprint density at radius 2 is 1.86 bits per heavy atom. The van der Waals surface area contributed by atoms with Crippen LogP contribution in [0.3, 0.4) is 0 Å². The van der Waals surface area contributed by atoms with Crippen molar-refractivity contribution in [1.29, 1.82) is 0 Å². The van der Waals surface area contributed by atoms with Crippen molar-refractivity contribution < 1.29 is 9.84 Å². The summed E-state index contributed by atoms with van der Waals surface area (Å²) in [5.41, 5.74) is 3.33. The van der Waals surface area contributed by atoms with E-state index in [1.807, 2.05) is 25.1 Å². The Morgan fingerprint density at radius 3 is 2.64 bits per heavy atom. The van der Waals surface area contributed by atoms with Gasteiger partial charge in [0.2, 0.25) is 0 Å². The number of fused-ring (bicyclic) bond motifs is 1. The first kappa shape index (κ1) is 14.9. The first-order chi connectivity index (χ1) is 10.6. The Balaban J connectivity index is 1.67. The maximum absolute atomic E-state index is 10.3. The van der Waals surface area contributed by atoms with Crippen LogP contribution in [0.4, 0.5) is 0 Å². The maximum Gasteiger partial charge on any atom is 0.119 e. The highest BCUT2D eigenvalue weighted by molar-refractivity contribution is 6.30. The summed E-state index contributed by atoms with van der Waals surface area (Å²) in [5.74, 6) is 0.707. The molecule has 3 aromatic rings. The Morgan fingerprint density at radius 1 is 1.14 bits per heavy atom. The minimum absolute atomic E-state index is 0.251. The van der Waals surface area contributed by atoms with E-state index in [9.17, 15) is 5.11 Å². The number of rotatable bonds is 5. The number of aromatic nitrogens is 1. The molecule has 0 aliphatic heterocycles. The van der Waals surface area contributed by atoms with Crippen LogP contribution in [0.25, 0.3) is 10.9 Å². The molecule has 3 rings (SSSR count). The number of hydrogen-bond acceptors (Lipinski definition) is 2. The van der Waals surface area contributed by atoms with E-state index >= 15 is 0 Å². The molecule has 0 saturated carbocycles. The molecule has 1 heterocycles. The van der Waals surface area contributed by atoms with Gasteiger partial charge >= 0.3 is 0 Å². The number of H-pyrrole nitrogens is 1. The van der Waals surface area contributed by atoms with Gasteiger partial charge in [0.15, 0.2) is 0 Å². The molecule has 0 aliphatic carbocycles. The predicted octanol–water partition coefficient (Wildman–Crippen LogP) is 4.11. The normalized spacial score (nSPS) is 12.5. The summed E-state index contributed by atoms with van der Waals surface area (Å²) in [6.45, 7) is 2.28. The molecule has 0 aliphatic rings. The molecule has 4 heteroatoms. The number of aromatic amines is 1. The first-order valence-electron chi connectivity index (χ1n) is 7.26. The minimum Gasteiger partial charge on any atom is -0.491 e. The van der Waals surface area contributed by atoms with E-state index in [4.69, 9.17) is 16.3 Å². The van der Waals surface area contributed by atoms with Crippen LogP contribution in [0.5, 0.6) is 5.75 Å². The quantitative estimate of drug-likeness (QED) is 0.744. The molecule has 2 aromatic carbocycles. The molecule has 0 bridgehead atoms. The van der Waals surface area contributed by atoms with Gasteiger partial charge in [-0.2, -0.15) is 0 Å². The average Bonchev–Trinajstić information content (AvgIpc) is 2.83. The number of nitrogens with one attached hydrogen (secondary N) is 1. The zero-order valence-electron chi connectivity index (χ0n) is 12.3. The standard InChI is InChI=1S/C18H18ClNO2/c1-12-17(16-4-2-3-5-18(16)20-12)10-14(21)11-22-15-8-6-13(19)7-9-15/h2-9,14,20-21H,10-11H2,1H3. The number of aliphatic hydroxyl groups is 1. The van der Waals surface area contributed by atoms with Crippen LogP contribution in [0.2, 0.25) is 5.02 Å². The lowest BCUT2D eigenvalue weighted by atomic mass is 10.0. The molecule has 0 saturated heterocycles. The van der Waals surface area contributed by atoms with Crippen molar-refractivity contribution in [2.75, 3.05) is 6.61 Å². The van der Waals surface area contributed by atoms with Crippen LogP contribution in [0.15, 0.2) is 48.5 Å². The summed E-state index contributed by atoms with van der Waals surface area (Å²) < 4.78 is 5.60. The predicted molar refractivity (Wildman–Crippen MR) is 89.7 cm³/mol. The number of para-hydroxylation sites is 1. The van der Waals surface area contributed by atoms with Crippen LogP contribution < -0.4 is 4.74 Å². The van der Waals surface area contributed by atoms with Gasteiger partial charge in [-0.05, 0) is 42.8 Å². The van der Waals surface area contributed by atoms with Crippen molar-refractivity contribution in [3.05, 3.63) is 64.8 Å². The Kier molecular flexibility index (Phi) is 4.36. The number of aryl methyl sites for hydroxylation is 1. The molecule has 3 nitrogen and oxygen atoms in total. The van der Waals surface area contributed by atoms with E-state index in [-0.39, 0.29) is 6.61 Å². The number of benzene rings is 2. The summed E-state index contributed by atoms with van der Waals surface area (Å²) in [6, 6.07) is 15.3. The molecule has 22 heavy (non-hydrogen) atoms. The minimum atomic E-state index is -0.561. The Bertz CT molecular complexity index is 764. The number of halogens is 1. The summed E-state index contributed by atoms with van der Waals surface area (Å²) >= 11 is 5.83. The fourth-order valence-electron chi connectivity index (χ4n) is 2.62. The number of ether oxygens (including phenoxy) is 1. The van der Waals surface area contributed by atoms with Crippen LogP contribution in [-0.2, 0) is 6.42 Å². The third-order valence-corrected chi connectivity index (χ3v) is 3.97. The molecular weight excluding hydrogens is 298 g/mol. The summed E-state index contributed by atoms with van der Waals surface area (Å²) in [6.07, 6.45) is -0.00253. The molecule has 114 valence electrons. The van der Waals surface area contributed by atoms with Gasteiger partial charge in [0.25, 0.3) is 0 Å². The lowest BCUT2D eigenvalue weighted by Gasteiger charge is -2.13. The average molecular weight is 316 g/mol. The molecule has 0 amide bonds. The first-order valence-corrected chi connectivity index (χ1v) is 7.64. The van der Waals surface area contributed by atoms with Crippen molar-refractivity contribution in [1.82, 2.24) is 4.98 Å². The van der Waals surface area contributed by atoms with Crippen LogP contribution >= 0.6 is 11.6 Å². The Hall–Kier alpha value is -1.97. The van der Waals surface area contributed by atoms with Gasteiger partial charge in [-0.3, -0.25) is 0 Å². The van der Waals surface area contributed by atoms with Crippen molar-refractivity contribution in [2.45, 2.75) is 19.4 Å². The second kappa shape index (κ2) is 6.42. The van der Waals surface area contributed by atoms with Crippen molar-refractivity contribution >= 4 is 22.5 Å². The highest BCUT2D eigenvalue weighted by Crippen LogP contribution is 2.23. The molecule has 0 radical (unpaired) electrons. The summed E-state index contributed by atoms with van der Waals surface area (Å²) in [7, 11) is 0. The van der Waals surface area contributed by atoms with Gasteiger partial charge in [0.05, 0.1) is 6.10 Å². The maximum atomic E-state index is 10.3. The van der Waals surface area contributed by atoms with E-state index in [1.54, 1.807) is 24.3 Å². The second-order valence-corrected chi connectivity index (χ2v) is 5.83. The third-order valence-electron chi connectivity index (χ3n) is 3.72. The fourth-order valence-corrected chi connectivity index (χ4v) is 2.74. The monoisotopic (exact) mass is 315 g/mol. The lowest BCUT2D eigenvalue weighted by Crippen LogP contribution is -2.20. The van der Waals surface area contributed by atoms with Gasteiger partial charge in [0, 0.05) is 28.0 Å². The Labute approximate surface area is 134 Å².